The van der Waals surface area contributed by atoms with Crippen LogP contribution in [0.25, 0.3) is 0 Å². The molecule has 1 aliphatic carbocycles. The zero-order valence-corrected chi connectivity index (χ0v) is 23.6. The van der Waals surface area contributed by atoms with Crippen molar-refractivity contribution in [1.82, 2.24) is 15.5 Å². The van der Waals surface area contributed by atoms with Crippen LogP contribution in [0.4, 0.5) is 0 Å². The van der Waals surface area contributed by atoms with Gasteiger partial charge in [-0.25, -0.2) is 0 Å². The van der Waals surface area contributed by atoms with E-state index in [0.717, 1.165) is 69.1 Å². The monoisotopic (exact) mass is 526 g/mol. The third-order valence-corrected chi connectivity index (χ3v) is 9.49. The fraction of sp³-hybridized carbons (Fsp3) is 0.733. The molecule has 0 spiro atoms. The highest BCUT2D eigenvalue weighted by molar-refractivity contribution is 5.81. The van der Waals surface area contributed by atoms with Crippen molar-refractivity contribution in [1.29, 1.82) is 0 Å². The Morgan fingerprint density at radius 3 is 2.71 bits per heavy atom. The summed E-state index contributed by atoms with van der Waals surface area (Å²) in [6.45, 7) is 6.88. The van der Waals surface area contributed by atoms with Crippen LogP contribution in [0, 0.1) is 11.8 Å². The lowest BCUT2D eigenvalue weighted by Crippen LogP contribution is -2.71. The quantitative estimate of drug-likeness (QED) is 0.552. The maximum Gasteiger partial charge on any atom is 0.226 e. The Morgan fingerprint density at radius 2 is 2.00 bits per heavy atom. The highest BCUT2D eigenvalue weighted by Gasteiger charge is 2.48. The van der Waals surface area contributed by atoms with Gasteiger partial charge in [-0.05, 0) is 76.3 Å². The summed E-state index contributed by atoms with van der Waals surface area (Å²) < 4.78 is 11.7. The largest absolute Gasteiger partial charge is 0.487 e. The number of nitrogens with zero attached hydrogens (tertiary/aromatic N) is 1. The molecule has 1 aromatic rings. The molecule has 0 radical (unpaired) electrons. The maximum absolute atomic E-state index is 13.6. The third-order valence-electron chi connectivity index (χ3n) is 9.49. The molecule has 5 heterocycles. The summed E-state index contributed by atoms with van der Waals surface area (Å²) in [6.07, 6.45) is 7.70. The SMILES string of the molecule is CC[C@@]12CCCCc3ccc4c(c3)[C@H](CC(C)(C)O4)NC(=O)C3CC(C3)C(CCOC)N(C(=O)C1)C(N)N2. The first-order valence-corrected chi connectivity index (χ1v) is 14.6. The minimum absolute atomic E-state index is 0.0342. The number of nitrogens with one attached hydrogen (secondary N) is 2. The van der Waals surface area contributed by atoms with Crippen LogP contribution < -0.4 is 21.1 Å². The summed E-state index contributed by atoms with van der Waals surface area (Å²) in [4.78, 5) is 28.9. The third kappa shape index (κ3) is 5.45. The highest BCUT2D eigenvalue weighted by atomic mass is 16.5. The molecule has 0 aromatic heterocycles. The van der Waals surface area contributed by atoms with Gasteiger partial charge in [-0.1, -0.05) is 25.5 Å². The average molecular weight is 527 g/mol. The van der Waals surface area contributed by atoms with E-state index in [1.807, 2.05) is 4.90 Å². The molecular formula is C30H46N4O4. The molecule has 38 heavy (non-hydrogen) atoms. The predicted molar refractivity (Wildman–Crippen MR) is 146 cm³/mol. The first kappa shape index (κ1) is 27.4. The second-order valence-corrected chi connectivity index (χ2v) is 12.7. The predicted octanol–water partition coefficient (Wildman–Crippen LogP) is 3.78. The van der Waals surface area contributed by atoms with Crippen molar-refractivity contribution in [2.45, 2.75) is 114 Å². The van der Waals surface area contributed by atoms with Crippen molar-refractivity contribution in [3.8, 4) is 5.75 Å². The Hall–Kier alpha value is -2.16. The van der Waals surface area contributed by atoms with Gasteiger partial charge in [0.2, 0.25) is 11.8 Å². The van der Waals surface area contributed by atoms with E-state index in [2.05, 4.69) is 49.6 Å². The van der Waals surface area contributed by atoms with E-state index >= 15 is 0 Å². The van der Waals surface area contributed by atoms with E-state index in [-0.39, 0.29) is 46.9 Å². The number of nitrogens with two attached hydrogens (primary N) is 1. The highest BCUT2D eigenvalue weighted by Crippen LogP contribution is 2.44. The second-order valence-electron chi connectivity index (χ2n) is 12.7. The average Bonchev–Trinajstić information content (AvgIpc) is 2.82. The Morgan fingerprint density at radius 1 is 1.21 bits per heavy atom. The van der Waals surface area contributed by atoms with E-state index in [1.54, 1.807) is 7.11 Å². The van der Waals surface area contributed by atoms with E-state index in [1.165, 1.54) is 5.56 Å². The molecule has 2 fully saturated rings. The van der Waals surface area contributed by atoms with Crippen molar-refractivity contribution >= 4 is 11.8 Å². The fourth-order valence-corrected chi connectivity index (χ4v) is 7.23. The topological polar surface area (TPSA) is 106 Å². The summed E-state index contributed by atoms with van der Waals surface area (Å²) in [5.74, 6) is 1.28. The van der Waals surface area contributed by atoms with Crippen LogP contribution >= 0.6 is 0 Å². The summed E-state index contributed by atoms with van der Waals surface area (Å²) >= 11 is 0. The molecule has 6 bridgehead atoms. The molecule has 1 aromatic carbocycles. The number of amides is 2. The molecule has 8 nitrogen and oxygen atoms in total. The number of fused-ring (bicyclic) bond motifs is 1. The number of hydrogen-bond acceptors (Lipinski definition) is 6. The number of rotatable bonds is 4. The molecule has 1 saturated carbocycles. The van der Waals surface area contributed by atoms with Crippen molar-refractivity contribution in [2.24, 2.45) is 17.6 Å². The van der Waals surface area contributed by atoms with Crippen LogP contribution in [0.5, 0.6) is 5.75 Å². The van der Waals surface area contributed by atoms with Crippen LogP contribution in [0.1, 0.15) is 95.7 Å². The normalized spacial score (nSPS) is 35.0. The molecule has 210 valence electrons. The molecule has 4 N–H and O–H groups in total. The number of ether oxygens (including phenoxy) is 2. The molecule has 7 rings (SSSR count). The Bertz CT molecular complexity index is 1040. The lowest BCUT2D eigenvalue weighted by molar-refractivity contribution is -0.151. The maximum atomic E-state index is 13.6. The van der Waals surface area contributed by atoms with Crippen LogP contribution in [0.2, 0.25) is 0 Å². The van der Waals surface area contributed by atoms with Crippen LogP contribution in [0.15, 0.2) is 18.2 Å². The van der Waals surface area contributed by atoms with Gasteiger partial charge in [-0.15, -0.1) is 0 Å². The van der Waals surface area contributed by atoms with Crippen LogP contribution in [-0.2, 0) is 20.7 Å². The van der Waals surface area contributed by atoms with E-state index < -0.39 is 6.29 Å². The zero-order chi connectivity index (χ0) is 27.1. The number of aryl methyl sites for hydroxylation is 1. The minimum Gasteiger partial charge on any atom is -0.487 e. The van der Waals surface area contributed by atoms with Crippen molar-refractivity contribution < 1.29 is 19.1 Å². The number of methoxy groups -OCH3 is 1. The fourth-order valence-electron chi connectivity index (χ4n) is 7.23. The van der Waals surface area contributed by atoms with Gasteiger partial charge in [0.15, 0.2) is 0 Å². The summed E-state index contributed by atoms with van der Waals surface area (Å²) in [5, 5.41) is 7.03. The van der Waals surface area contributed by atoms with E-state index in [4.69, 9.17) is 15.2 Å². The van der Waals surface area contributed by atoms with Gasteiger partial charge in [0, 0.05) is 49.6 Å². The first-order chi connectivity index (χ1) is 18.1. The van der Waals surface area contributed by atoms with Gasteiger partial charge in [0.25, 0.3) is 0 Å². The van der Waals surface area contributed by atoms with Gasteiger partial charge in [-0.2, -0.15) is 0 Å². The lowest BCUT2D eigenvalue weighted by Gasteiger charge is -2.52. The summed E-state index contributed by atoms with van der Waals surface area (Å²) in [5.41, 5.74) is 8.42. The molecule has 4 atom stereocenters. The standard InChI is InChI=1S/C30H46N4O4/c1-5-30-12-7-6-8-19-9-10-25-22(14-19)23(17-29(2,3)38-25)32-27(36)21-15-20(16-21)24(11-13-37-4)34(26(35)18-30)28(31)33-30/h9-10,14,20-21,23-24,28,33H,5-8,11-13,15-18,31H2,1-4H3,(H,32,36)/t20?,21?,23-,24?,28?,30+/m0/s1. The lowest BCUT2D eigenvalue weighted by atomic mass is 9.69. The molecule has 5 aliphatic heterocycles. The first-order valence-electron chi connectivity index (χ1n) is 14.6. The van der Waals surface area contributed by atoms with Crippen molar-refractivity contribution in [3.63, 3.8) is 0 Å². The number of benzene rings is 1. The molecule has 2 unspecified atom stereocenters. The molecule has 2 amide bonds. The smallest absolute Gasteiger partial charge is 0.226 e. The van der Waals surface area contributed by atoms with Gasteiger partial charge in [-0.3, -0.25) is 20.6 Å². The van der Waals surface area contributed by atoms with Crippen molar-refractivity contribution in [2.75, 3.05) is 13.7 Å². The van der Waals surface area contributed by atoms with Crippen LogP contribution in [-0.4, -0.2) is 53.9 Å². The minimum atomic E-state index is -0.524. The molecule has 8 heteroatoms. The number of carbonyl (C=O) groups excluding carboxylic acids is 2. The van der Waals surface area contributed by atoms with E-state index in [0.29, 0.717) is 13.0 Å². The van der Waals surface area contributed by atoms with Gasteiger partial charge in [0.05, 0.1) is 6.04 Å². The number of hydrogen-bond donors (Lipinski definition) is 3. The second kappa shape index (κ2) is 10.8. The molecular weight excluding hydrogens is 480 g/mol. The van der Waals surface area contributed by atoms with Gasteiger partial charge in [0.1, 0.15) is 17.6 Å². The van der Waals surface area contributed by atoms with Crippen LogP contribution in [0.3, 0.4) is 0 Å². The summed E-state index contributed by atoms with van der Waals surface area (Å²) in [6, 6.07) is 6.36. The Labute approximate surface area is 227 Å². The van der Waals surface area contributed by atoms with Crippen molar-refractivity contribution in [3.05, 3.63) is 29.3 Å². The van der Waals surface area contributed by atoms with Gasteiger partial charge < -0.3 is 19.7 Å². The van der Waals surface area contributed by atoms with Gasteiger partial charge >= 0.3 is 0 Å². The Balaban J connectivity index is 1.44. The molecule has 1 saturated heterocycles. The number of carbonyl (C=O) groups is 2. The zero-order valence-electron chi connectivity index (χ0n) is 23.6. The summed E-state index contributed by atoms with van der Waals surface area (Å²) in [7, 11) is 1.69. The Kier molecular flexibility index (Phi) is 7.77. The molecule has 6 aliphatic rings. The van der Waals surface area contributed by atoms with E-state index in [9.17, 15) is 9.59 Å².